The molecule has 0 aliphatic heterocycles. The van der Waals surface area contributed by atoms with E-state index in [1.54, 1.807) is 21.0 Å². The molecule has 0 radical (unpaired) electrons. The average molecular weight is 365 g/mol. The number of ether oxygens (including phenoxy) is 3. The summed E-state index contributed by atoms with van der Waals surface area (Å²) in [5.74, 6) is -0.622. The smallest absolute Gasteiger partial charge is 0.315 e. The molecule has 1 aromatic carbocycles. The molecule has 26 heavy (non-hydrogen) atoms. The second-order valence-electron chi connectivity index (χ2n) is 5.64. The SMILES string of the molecule is CCOC(=O)CCN(Cc1ccc(OC)cc1C)C(=O)CC(=O)OCC. The van der Waals surface area contributed by atoms with Gasteiger partial charge in [0.1, 0.15) is 12.2 Å². The molecule has 0 N–H and O–H groups in total. The molecule has 1 amide bonds. The predicted molar refractivity (Wildman–Crippen MR) is 95.6 cm³/mol. The summed E-state index contributed by atoms with van der Waals surface area (Å²) in [5.41, 5.74) is 1.86. The second-order valence-corrected chi connectivity index (χ2v) is 5.64. The Kier molecular flexibility index (Phi) is 9.19. The lowest BCUT2D eigenvalue weighted by Gasteiger charge is -2.23. The lowest BCUT2D eigenvalue weighted by Crippen LogP contribution is -2.34. The maximum atomic E-state index is 12.5. The van der Waals surface area contributed by atoms with Crippen molar-refractivity contribution in [1.82, 2.24) is 4.90 Å². The van der Waals surface area contributed by atoms with Crippen molar-refractivity contribution < 1.29 is 28.6 Å². The number of aryl methyl sites for hydroxylation is 1. The molecular weight excluding hydrogens is 338 g/mol. The van der Waals surface area contributed by atoms with Gasteiger partial charge in [-0.1, -0.05) is 6.07 Å². The van der Waals surface area contributed by atoms with Gasteiger partial charge in [-0.15, -0.1) is 0 Å². The highest BCUT2D eigenvalue weighted by atomic mass is 16.5. The molecule has 0 saturated carbocycles. The minimum absolute atomic E-state index is 0.0671. The van der Waals surface area contributed by atoms with Crippen LogP contribution in [-0.2, 0) is 30.4 Å². The van der Waals surface area contributed by atoms with Crippen molar-refractivity contribution in [3.8, 4) is 5.75 Å². The molecule has 7 heteroatoms. The summed E-state index contributed by atoms with van der Waals surface area (Å²) in [6, 6.07) is 5.54. The molecule has 0 bridgehead atoms. The lowest BCUT2D eigenvalue weighted by molar-refractivity contribution is -0.149. The molecule has 7 nitrogen and oxygen atoms in total. The largest absolute Gasteiger partial charge is 0.497 e. The first-order chi connectivity index (χ1) is 12.4. The van der Waals surface area contributed by atoms with Gasteiger partial charge in [-0.3, -0.25) is 14.4 Å². The van der Waals surface area contributed by atoms with Crippen molar-refractivity contribution in [1.29, 1.82) is 0 Å². The first kappa shape index (κ1) is 21.5. The second kappa shape index (κ2) is 11.1. The third-order valence-corrected chi connectivity index (χ3v) is 3.76. The van der Waals surface area contributed by atoms with E-state index in [0.717, 1.165) is 16.9 Å². The number of carbonyl (C=O) groups excluding carboxylic acids is 3. The number of hydrogen-bond donors (Lipinski definition) is 0. The van der Waals surface area contributed by atoms with E-state index in [4.69, 9.17) is 14.2 Å². The van der Waals surface area contributed by atoms with Crippen LogP contribution in [0.2, 0.25) is 0 Å². The highest BCUT2D eigenvalue weighted by Gasteiger charge is 2.20. The number of amides is 1. The molecule has 0 atom stereocenters. The summed E-state index contributed by atoms with van der Waals surface area (Å²) in [7, 11) is 1.59. The Labute approximate surface area is 154 Å². The van der Waals surface area contributed by atoms with Crippen LogP contribution < -0.4 is 4.74 Å². The van der Waals surface area contributed by atoms with Crippen LogP contribution >= 0.6 is 0 Å². The Morgan fingerprint density at radius 1 is 1.04 bits per heavy atom. The number of carbonyl (C=O) groups is 3. The molecule has 0 heterocycles. The van der Waals surface area contributed by atoms with Crippen molar-refractivity contribution in [2.75, 3.05) is 26.9 Å². The Hall–Kier alpha value is -2.57. The van der Waals surface area contributed by atoms with E-state index < -0.39 is 5.97 Å². The molecule has 0 unspecified atom stereocenters. The number of benzene rings is 1. The summed E-state index contributed by atoms with van der Waals surface area (Å²) in [5, 5.41) is 0. The van der Waals surface area contributed by atoms with Crippen LogP contribution in [0.1, 0.15) is 37.8 Å². The maximum absolute atomic E-state index is 12.5. The van der Waals surface area contributed by atoms with Gasteiger partial charge in [0, 0.05) is 13.1 Å². The number of esters is 2. The predicted octanol–water partition coefficient (Wildman–Crippen LogP) is 2.24. The summed E-state index contributed by atoms with van der Waals surface area (Å²) >= 11 is 0. The fourth-order valence-corrected chi connectivity index (χ4v) is 2.38. The van der Waals surface area contributed by atoms with E-state index in [9.17, 15) is 14.4 Å². The monoisotopic (exact) mass is 365 g/mol. The average Bonchev–Trinajstić information content (AvgIpc) is 2.59. The van der Waals surface area contributed by atoms with E-state index in [1.165, 1.54) is 4.90 Å². The molecule has 0 aliphatic rings. The number of nitrogens with zero attached hydrogens (tertiary/aromatic N) is 1. The Morgan fingerprint density at radius 2 is 1.69 bits per heavy atom. The van der Waals surface area contributed by atoms with Crippen molar-refractivity contribution in [2.24, 2.45) is 0 Å². The number of rotatable bonds is 10. The van der Waals surface area contributed by atoms with Crippen LogP contribution in [0.25, 0.3) is 0 Å². The first-order valence-corrected chi connectivity index (χ1v) is 8.63. The zero-order valence-corrected chi connectivity index (χ0v) is 15.9. The summed E-state index contributed by atoms with van der Waals surface area (Å²) in [6.45, 7) is 6.27. The van der Waals surface area contributed by atoms with Gasteiger partial charge in [0.2, 0.25) is 5.91 Å². The van der Waals surface area contributed by atoms with Gasteiger partial charge in [-0.25, -0.2) is 0 Å². The first-order valence-electron chi connectivity index (χ1n) is 8.63. The van der Waals surface area contributed by atoms with Crippen LogP contribution in [0.15, 0.2) is 18.2 Å². The molecule has 0 aliphatic carbocycles. The van der Waals surface area contributed by atoms with Crippen LogP contribution in [0.4, 0.5) is 0 Å². The molecule has 0 fully saturated rings. The topological polar surface area (TPSA) is 82.1 Å². The van der Waals surface area contributed by atoms with Gasteiger partial charge in [0.25, 0.3) is 0 Å². The standard InChI is InChI=1S/C19H27NO6/c1-5-25-18(22)9-10-20(17(21)12-19(23)26-6-2)13-15-7-8-16(24-4)11-14(15)3/h7-8,11H,5-6,9-10,12-13H2,1-4H3. The Morgan fingerprint density at radius 3 is 2.27 bits per heavy atom. The summed E-state index contributed by atoms with van der Waals surface area (Å²) in [4.78, 5) is 37.2. The minimum atomic E-state index is -0.579. The van der Waals surface area contributed by atoms with Crippen LogP contribution in [0, 0.1) is 6.92 Å². The third kappa shape index (κ3) is 7.13. The van der Waals surface area contributed by atoms with E-state index in [2.05, 4.69) is 0 Å². The van der Waals surface area contributed by atoms with Gasteiger partial charge in [-0.05, 0) is 44.0 Å². The van der Waals surface area contributed by atoms with Crippen molar-refractivity contribution >= 4 is 17.8 Å². The van der Waals surface area contributed by atoms with Crippen molar-refractivity contribution in [2.45, 2.75) is 40.2 Å². The molecule has 0 saturated heterocycles. The molecular formula is C19H27NO6. The van der Waals surface area contributed by atoms with E-state index in [0.29, 0.717) is 0 Å². The van der Waals surface area contributed by atoms with Gasteiger partial charge >= 0.3 is 11.9 Å². The number of methoxy groups -OCH3 is 1. The fraction of sp³-hybridized carbons (Fsp3) is 0.526. The van der Waals surface area contributed by atoms with Gasteiger partial charge in [-0.2, -0.15) is 0 Å². The highest BCUT2D eigenvalue weighted by Crippen LogP contribution is 2.19. The number of hydrogen-bond acceptors (Lipinski definition) is 6. The summed E-state index contributed by atoms with van der Waals surface area (Å²) < 4.78 is 14.9. The molecule has 1 rings (SSSR count). The molecule has 0 aromatic heterocycles. The third-order valence-electron chi connectivity index (χ3n) is 3.76. The van der Waals surface area contributed by atoms with Gasteiger partial charge < -0.3 is 19.1 Å². The quantitative estimate of drug-likeness (QED) is 0.467. The van der Waals surface area contributed by atoms with E-state index in [-0.39, 0.29) is 51.0 Å². The Balaban J connectivity index is 2.86. The van der Waals surface area contributed by atoms with Crippen LogP contribution in [-0.4, -0.2) is 49.6 Å². The van der Waals surface area contributed by atoms with Gasteiger partial charge in [0.05, 0.1) is 26.7 Å². The zero-order chi connectivity index (χ0) is 19.5. The molecule has 1 aromatic rings. The van der Waals surface area contributed by atoms with Crippen molar-refractivity contribution in [3.05, 3.63) is 29.3 Å². The van der Waals surface area contributed by atoms with E-state index in [1.807, 2.05) is 25.1 Å². The lowest BCUT2D eigenvalue weighted by atomic mass is 10.1. The fourth-order valence-electron chi connectivity index (χ4n) is 2.38. The van der Waals surface area contributed by atoms with Crippen molar-refractivity contribution in [3.63, 3.8) is 0 Å². The summed E-state index contributed by atoms with van der Waals surface area (Å²) in [6.07, 6.45) is -0.288. The highest BCUT2D eigenvalue weighted by molar-refractivity contribution is 5.94. The Bertz CT molecular complexity index is 628. The molecule has 144 valence electrons. The maximum Gasteiger partial charge on any atom is 0.315 e. The molecule has 0 spiro atoms. The minimum Gasteiger partial charge on any atom is -0.497 e. The normalized spacial score (nSPS) is 10.2. The van der Waals surface area contributed by atoms with Crippen LogP contribution in [0.3, 0.4) is 0 Å². The van der Waals surface area contributed by atoms with Gasteiger partial charge in [0.15, 0.2) is 0 Å². The van der Waals surface area contributed by atoms with Crippen LogP contribution in [0.5, 0.6) is 5.75 Å². The van der Waals surface area contributed by atoms with E-state index >= 15 is 0 Å². The zero-order valence-electron chi connectivity index (χ0n) is 15.9.